The van der Waals surface area contributed by atoms with Crippen LogP contribution in [0.3, 0.4) is 0 Å². The lowest BCUT2D eigenvalue weighted by Gasteiger charge is -2.12. The monoisotopic (exact) mass is 147 g/mol. The van der Waals surface area contributed by atoms with E-state index < -0.39 is 12.4 Å². The van der Waals surface area contributed by atoms with Crippen LogP contribution < -0.4 is 5.73 Å². The van der Waals surface area contributed by atoms with Gasteiger partial charge in [-0.15, -0.1) is 0 Å². The summed E-state index contributed by atoms with van der Waals surface area (Å²) < 4.78 is 4.92. The minimum atomic E-state index is -1.05. The molecule has 0 bridgehead atoms. The lowest BCUT2D eigenvalue weighted by Crippen LogP contribution is -2.31. The van der Waals surface area contributed by atoms with E-state index in [-0.39, 0.29) is 12.1 Å². The standard InChI is InChI=1S/C6H13NO3/c1-3(7)5-2-4(8)6(9)10-5/h3-6,8-9H,2,7H2,1H3. The van der Waals surface area contributed by atoms with Crippen molar-refractivity contribution in [3.63, 3.8) is 0 Å². The van der Waals surface area contributed by atoms with E-state index in [2.05, 4.69) is 0 Å². The van der Waals surface area contributed by atoms with Crippen molar-refractivity contribution in [2.75, 3.05) is 0 Å². The fraction of sp³-hybridized carbons (Fsp3) is 1.00. The van der Waals surface area contributed by atoms with E-state index in [1.165, 1.54) is 0 Å². The average molecular weight is 147 g/mol. The number of hydrogen-bond acceptors (Lipinski definition) is 4. The van der Waals surface area contributed by atoms with E-state index in [9.17, 15) is 0 Å². The summed E-state index contributed by atoms with van der Waals surface area (Å²) in [7, 11) is 0. The number of ether oxygens (including phenoxy) is 1. The molecule has 0 aliphatic carbocycles. The number of aliphatic hydroxyl groups is 2. The number of hydrogen-bond donors (Lipinski definition) is 3. The first-order chi connectivity index (χ1) is 4.61. The Labute approximate surface area is 59.6 Å². The Morgan fingerprint density at radius 3 is 2.40 bits per heavy atom. The number of aliphatic hydroxyl groups excluding tert-OH is 2. The van der Waals surface area contributed by atoms with E-state index in [1.807, 2.05) is 0 Å². The molecule has 0 amide bonds. The summed E-state index contributed by atoms with van der Waals surface area (Å²) in [6, 6.07) is -0.133. The van der Waals surface area contributed by atoms with Crippen LogP contribution in [0.2, 0.25) is 0 Å². The molecule has 0 saturated carbocycles. The fourth-order valence-electron chi connectivity index (χ4n) is 1.02. The van der Waals surface area contributed by atoms with Gasteiger partial charge in [-0.05, 0) is 6.92 Å². The zero-order chi connectivity index (χ0) is 7.72. The summed E-state index contributed by atoms with van der Waals surface area (Å²) in [6.07, 6.45) is -1.59. The Bertz CT molecular complexity index is 108. The first-order valence-corrected chi connectivity index (χ1v) is 3.38. The normalized spacial score (nSPS) is 43.8. The quantitative estimate of drug-likeness (QED) is 0.435. The summed E-state index contributed by atoms with van der Waals surface area (Å²) in [5.41, 5.74) is 5.47. The van der Waals surface area contributed by atoms with Crippen LogP contribution in [0.15, 0.2) is 0 Å². The van der Waals surface area contributed by atoms with Gasteiger partial charge in [0.1, 0.15) is 6.10 Å². The average Bonchev–Trinajstić information content (AvgIpc) is 2.13. The van der Waals surface area contributed by atoms with Crippen LogP contribution >= 0.6 is 0 Å². The van der Waals surface area contributed by atoms with Crippen molar-refractivity contribution >= 4 is 0 Å². The van der Waals surface area contributed by atoms with E-state index in [0.717, 1.165) is 0 Å². The molecular formula is C6H13NO3. The van der Waals surface area contributed by atoms with Gasteiger partial charge in [0.25, 0.3) is 0 Å². The summed E-state index contributed by atoms with van der Waals surface area (Å²) >= 11 is 0. The van der Waals surface area contributed by atoms with Crippen molar-refractivity contribution in [2.24, 2.45) is 5.73 Å². The summed E-state index contributed by atoms with van der Waals surface area (Å²) in [5, 5.41) is 17.9. The van der Waals surface area contributed by atoms with Crippen LogP contribution in [0.1, 0.15) is 13.3 Å². The van der Waals surface area contributed by atoms with Gasteiger partial charge in [0.2, 0.25) is 0 Å². The minimum absolute atomic E-state index is 0.133. The molecular weight excluding hydrogens is 134 g/mol. The molecule has 60 valence electrons. The molecule has 4 unspecified atom stereocenters. The van der Waals surface area contributed by atoms with E-state index in [0.29, 0.717) is 6.42 Å². The maximum Gasteiger partial charge on any atom is 0.181 e. The highest BCUT2D eigenvalue weighted by molar-refractivity contribution is 4.80. The molecule has 0 radical (unpaired) electrons. The Balaban J connectivity index is 2.41. The third kappa shape index (κ3) is 1.46. The van der Waals surface area contributed by atoms with Crippen molar-refractivity contribution in [3.8, 4) is 0 Å². The molecule has 1 saturated heterocycles. The van der Waals surface area contributed by atoms with Gasteiger partial charge in [-0.25, -0.2) is 0 Å². The molecule has 0 aromatic carbocycles. The molecule has 1 aliphatic heterocycles. The van der Waals surface area contributed by atoms with Gasteiger partial charge >= 0.3 is 0 Å². The molecule has 1 aliphatic rings. The van der Waals surface area contributed by atoms with Gasteiger partial charge in [0.05, 0.1) is 6.10 Å². The lowest BCUT2D eigenvalue weighted by molar-refractivity contribution is -0.129. The predicted octanol–water partition coefficient (Wildman–Crippen LogP) is -1.20. The summed E-state index contributed by atoms with van der Waals surface area (Å²) in [4.78, 5) is 0. The minimum Gasteiger partial charge on any atom is -0.388 e. The van der Waals surface area contributed by atoms with Crippen LogP contribution in [0.5, 0.6) is 0 Å². The first kappa shape index (κ1) is 7.94. The molecule has 0 spiro atoms. The zero-order valence-electron chi connectivity index (χ0n) is 5.90. The molecule has 4 heteroatoms. The van der Waals surface area contributed by atoms with Crippen LogP contribution in [0, 0.1) is 0 Å². The Kier molecular flexibility index (Phi) is 2.25. The molecule has 1 fully saturated rings. The van der Waals surface area contributed by atoms with Gasteiger partial charge in [-0.2, -0.15) is 0 Å². The van der Waals surface area contributed by atoms with Gasteiger partial charge in [0, 0.05) is 12.5 Å². The first-order valence-electron chi connectivity index (χ1n) is 3.38. The van der Waals surface area contributed by atoms with Crippen LogP contribution in [0.4, 0.5) is 0 Å². The van der Waals surface area contributed by atoms with E-state index >= 15 is 0 Å². The second kappa shape index (κ2) is 2.84. The molecule has 1 rings (SSSR count). The van der Waals surface area contributed by atoms with Gasteiger partial charge < -0.3 is 20.7 Å². The number of nitrogens with two attached hydrogens (primary N) is 1. The van der Waals surface area contributed by atoms with Gasteiger partial charge in [0.15, 0.2) is 6.29 Å². The smallest absolute Gasteiger partial charge is 0.181 e. The highest BCUT2D eigenvalue weighted by Gasteiger charge is 2.33. The highest BCUT2D eigenvalue weighted by Crippen LogP contribution is 2.19. The molecule has 10 heavy (non-hydrogen) atoms. The number of rotatable bonds is 1. The largest absolute Gasteiger partial charge is 0.388 e. The maximum atomic E-state index is 8.99. The molecule has 0 aromatic rings. The van der Waals surface area contributed by atoms with Crippen molar-refractivity contribution in [1.29, 1.82) is 0 Å². The molecule has 0 aromatic heterocycles. The van der Waals surface area contributed by atoms with Crippen LogP contribution in [-0.2, 0) is 4.74 Å². The maximum absolute atomic E-state index is 8.99. The second-order valence-corrected chi connectivity index (χ2v) is 2.73. The molecule has 4 N–H and O–H groups in total. The SMILES string of the molecule is CC(N)C1CC(O)C(O)O1. The van der Waals surface area contributed by atoms with E-state index in [1.54, 1.807) is 6.92 Å². The Morgan fingerprint density at radius 2 is 2.20 bits per heavy atom. The molecule has 1 heterocycles. The van der Waals surface area contributed by atoms with Crippen molar-refractivity contribution in [3.05, 3.63) is 0 Å². The topological polar surface area (TPSA) is 75.7 Å². The van der Waals surface area contributed by atoms with Gasteiger partial charge in [-0.1, -0.05) is 0 Å². The molecule has 4 nitrogen and oxygen atoms in total. The Hall–Kier alpha value is -0.160. The second-order valence-electron chi connectivity index (χ2n) is 2.73. The fourth-order valence-corrected chi connectivity index (χ4v) is 1.02. The summed E-state index contributed by atoms with van der Waals surface area (Å²) in [5.74, 6) is 0. The van der Waals surface area contributed by atoms with Crippen molar-refractivity contribution in [2.45, 2.75) is 37.9 Å². The van der Waals surface area contributed by atoms with E-state index in [4.69, 9.17) is 20.7 Å². The molecule has 4 atom stereocenters. The predicted molar refractivity (Wildman–Crippen MR) is 35.2 cm³/mol. The third-order valence-corrected chi connectivity index (χ3v) is 1.70. The lowest BCUT2D eigenvalue weighted by atomic mass is 10.1. The van der Waals surface area contributed by atoms with Crippen LogP contribution in [-0.4, -0.2) is 34.8 Å². The van der Waals surface area contributed by atoms with Gasteiger partial charge in [-0.3, -0.25) is 0 Å². The third-order valence-electron chi connectivity index (χ3n) is 1.70. The van der Waals surface area contributed by atoms with Crippen LogP contribution in [0.25, 0.3) is 0 Å². The summed E-state index contributed by atoms with van der Waals surface area (Å²) in [6.45, 7) is 1.79. The van der Waals surface area contributed by atoms with Crippen molar-refractivity contribution < 1.29 is 14.9 Å². The zero-order valence-corrected chi connectivity index (χ0v) is 5.90. The highest BCUT2D eigenvalue weighted by atomic mass is 16.6. The Morgan fingerprint density at radius 1 is 1.60 bits per heavy atom. The van der Waals surface area contributed by atoms with Crippen molar-refractivity contribution in [1.82, 2.24) is 0 Å².